The second-order valence-corrected chi connectivity index (χ2v) is 8.97. The Kier molecular flexibility index (Phi) is 7.08. The molecule has 1 aromatic carbocycles. The van der Waals surface area contributed by atoms with Crippen LogP contribution in [0, 0.1) is 6.92 Å². The van der Waals surface area contributed by atoms with Gasteiger partial charge in [0.05, 0.1) is 13.2 Å². The molecule has 0 saturated carbocycles. The third-order valence-corrected chi connectivity index (χ3v) is 5.17. The van der Waals surface area contributed by atoms with Crippen LogP contribution in [-0.2, 0) is 14.3 Å². The van der Waals surface area contributed by atoms with Crippen molar-refractivity contribution in [1.82, 2.24) is 9.80 Å². The summed E-state index contributed by atoms with van der Waals surface area (Å²) in [4.78, 5) is 39.1. The monoisotopic (exact) mass is 445 g/mol. The SMILES string of the molecule is Cc1cc(NC2=CC(=O)N(CCO)C2=O)ccc1OC1CCN(C(=O)OC(C)(C)C)CC1. The van der Waals surface area contributed by atoms with Crippen LogP contribution >= 0.6 is 0 Å². The number of hydrogen-bond acceptors (Lipinski definition) is 7. The molecule has 0 unspecified atom stereocenters. The minimum absolute atomic E-state index is 0.00465. The first-order valence-corrected chi connectivity index (χ1v) is 10.8. The van der Waals surface area contributed by atoms with Crippen molar-refractivity contribution in [2.24, 2.45) is 0 Å². The van der Waals surface area contributed by atoms with E-state index in [0.717, 1.165) is 16.2 Å². The van der Waals surface area contributed by atoms with Gasteiger partial charge in [-0.2, -0.15) is 0 Å². The van der Waals surface area contributed by atoms with Crippen molar-refractivity contribution in [2.45, 2.75) is 52.2 Å². The van der Waals surface area contributed by atoms with Crippen LogP contribution in [0.5, 0.6) is 5.75 Å². The molecule has 2 heterocycles. The number of nitrogens with zero attached hydrogens (tertiary/aromatic N) is 2. The van der Waals surface area contributed by atoms with E-state index in [0.29, 0.717) is 31.6 Å². The predicted molar refractivity (Wildman–Crippen MR) is 118 cm³/mol. The maximum Gasteiger partial charge on any atom is 0.410 e. The Morgan fingerprint density at radius 3 is 2.50 bits per heavy atom. The van der Waals surface area contributed by atoms with Crippen molar-refractivity contribution in [1.29, 1.82) is 0 Å². The normalized spacial score (nSPS) is 17.5. The largest absolute Gasteiger partial charge is 0.490 e. The van der Waals surface area contributed by atoms with Crippen LogP contribution in [-0.4, -0.2) is 70.8 Å². The number of rotatable bonds is 6. The van der Waals surface area contributed by atoms with E-state index in [-0.39, 0.29) is 31.0 Å². The number of carbonyl (C=O) groups is 3. The summed E-state index contributed by atoms with van der Waals surface area (Å²) in [6.07, 6.45) is 2.35. The van der Waals surface area contributed by atoms with Gasteiger partial charge in [-0.1, -0.05) is 0 Å². The summed E-state index contributed by atoms with van der Waals surface area (Å²) >= 11 is 0. The van der Waals surface area contributed by atoms with Crippen LogP contribution in [0.3, 0.4) is 0 Å². The minimum atomic E-state index is -0.513. The lowest BCUT2D eigenvalue weighted by Crippen LogP contribution is -2.44. The number of hydrogen-bond donors (Lipinski definition) is 2. The van der Waals surface area contributed by atoms with Gasteiger partial charge in [0, 0.05) is 37.7 Å². The van der Waals surface area contributed by atoms with Crippen LogP contribution in [0.15, 0.2) is 30.0 Å². The van der Waals surface area contributed by atoms with E-state index in [1.165, 1.54) is 6.08 Å². The number of aliphatic hydroxyl groups excluding tert-OH is 1. The fourth-order valence-corrected chi connectivity index (χ4v) is 3.59. The van der Waals surface area contributed by atoms with Gasteiger partial charge >= 0.3 is 6.09 Å². The third-order valence-electron chi connectivity index (χ3n) is 5.17. The molecular weight excluding hydrogens is 414 g/mol. The molecule has 174 valence electrons. The predicted octanol–water partition coefficient (Wildman–Crippen LogP) is 2.43. The highest BCUT2D eigenvalue weighted by Gasteiger charge is 2.31. The first-order chi connectivity index (χ1) is 15.1. The zero-order valence-corrected chi connectivity index (χ0v) is 19.0. The molecule has 0 aliphatic carbocycles. The summed E-state index contributed by atoms with van der Waals surface area (Å²) in [5, 5.41) is 12.0. The maximum atomic E-state index is 12.3. The van der Waals surface area contributed by atoms with E-state index >= 15 is 0 Å². The highest BCUT2D eigenvalue weighted by Crippen LogP contribution is 2.27. The molecule has 0 atom stereocenters. The first kappa shape index (κ1) is 23.6. The highest BCUT2D eigenvalue weighted by molar-refractivity contribution is 6.17. The lowest BCUT2D eigenvalue weighted by molar-refractivity contribution is -0.137. The zero-order valence-electron chi connectivity index (χ0n) is 19.0. The average molecular weight is 446 g/mol. The molecule has 3 rings (SSSR count). The van der Waals surface area contributed by atoms with E-state index < -0.39 is 17.4 Å². The second kappa shape index (κ2) is 9.60. The number of aliphatic hydroxyl groups is 1. The molecule has 1 fully saturated rings. The summed E-state index contributed by atoms with van der Waals surface area (Å²) in [6.45, 7) is 8.31. The Balaban J connectivity index is 1.54. The number of ether oxygens (including phenoxy) is 2. The highest BCUT2D eigenvalue weighted by atomic mass is 16.6. The topological polar surface area (TPSA) is 108 Å². The fourth-order valence-electron chi connectivity index (χ4n) is 3.59. The van der Waals surface area contributed by atoms with Crippen LogP contribution in [0.1, 0.15) is 39.2 Å². The molecule has 1 aromatic rings. The molecule has 0 spiro atoms. The van der Waals surface area contributed by atoms with Gasteiger partial charge in [0.15, 0.2) is 0 Å². The summed E-state index contributed by atoms with van der Waals surface area (Å²) in [5.74, 6) is -0.171. The van der Waals surface area contributed by atoms with Gasteiger partial charge in [0.1, 0.15) is 23.2 Å². The molecule has 0 radical (unpaired) electrons. The lowest BCUT2D eigenvalue weighted by atomic mass is 10.1. The minimum Gasteiger partial charge on any atom is -0.490 e. The second-order valence-electron chi connectivity index (χ2n) is 8.97. The number of piperidine rings is 1. The number of nitrogens with one attached hydrogen (secondary N) is 1. The number of carbonyl (C=O) groups excluding carboxylic acids is 3. The Labute approximate surface area is 188 Å². The van der Waals surface area contributed by atoms with Gasteiger partial charge in [-0.25, -0.2) is 4.79 Å². The first-order valence-electron chi connectivity index (χ1n) is 10.8. The van der Waals surface area contributed by atoms with E-state index in [2.05, 4.69) is 5.32 Å². The smallest absolute Gasteiger partial charge is 0.410 e. The standard InChI is InChI=1S/C23H31N3O6/c1-15-13-16(24-18-14-20(28)26(11-12-27)21(18)29)5-6-19(15)31-17-7-9-25(10-8-17)22(30)32-23(2,3)4/h5-6,13-14,17,24,27H,7-12H2,1-4H3. The van der Waals surface area contributed by atoms with E-state index in [1.54, 1.807) is 11.0 Å². The van der Waals surface area contributed by atoms with Gasteiger partial charge in [0.25, 0.3) is 11.8 Å². The molecule has 1 saturated heterocycles. The van der Waals surface area contributed by atoms with Gasteiger partial charge in [-0.3, -0.25) is 14.5 Å². The molecule has 2 N–H and O–H groups in total. The van der Waals surface area contributed by atoms with Gasteiger partial charge in [0.2, 0.25) is 0 Å². The van der Waals surface area contributed by atoms with Crippen molar-refractivity contribution in [3.63, 3.8) is 0 Å². The number of anilines is 1. The zero-order chi connectivity index (χ0) is 23.5. The Morgan fingerprint density at radius 1 is 1.22 bits per heavy atom. The molecule has 9 heteroatoms. The maximum absolute atomic E-state index is 12.3. The van der Waals surface area contributed by atoms with Crippen LogP contribution in [0.25, 0.3) is 0 Å². The number of β-amino-alcohol motifs (C(OH)–C–C–N with tert-alkyl or cyclic N) is 1. The Hall–Kier alpha value is -3.07. The molecule has 32 heavy (non-hydrogen) atoms. The van der Waals surface area contributed by atoms with Crippen LogP contribution in [0.4, 0.5) is 10.5 Å². The number of benzene rings is 1. The number of likely N-dealkylation sites (tertiary alicyclic amines) is 1. The summed E-state index contributed by atoms with van der Waals surface area (Å²) < 4.78 is 11.6. The average Bonchev–Trinajstić information content (AvgIpc) is 2.97. The Bertz CT molecular complexity index is 913. The summed E-state index contributed by atoms with van der Waals surface area (Å²) in [6, 6.07) is 5.45. The molecule has 0 bridgehead atoms. The third kappa shape index (κ3) is 5.79. The van der Waals surface area contributed by atoms with Crippen molar-refractivity contribution in [3.8, 4) is 5.75 Å². The van der Waals surface area contributed by atoms with Crippen LogP contribution < -0.4 is 10.1 Å². The fraction of sp³-hybridized carbons (Fsp3) is 0.522. The molecule has 0 aromatic heterocycles. The van der Waals surface area contributed by atoms with Crippen molar-refractivity contribution in [2.75, 3.05) is 31.6 Å². The van der Waals surface area contributed by atoms with E-state index in [4.69, 9.17) is 14.6 Å². The van der Waals surface area contributed by atoms with Gasteiger partial charge in [-0.05, 0) is 51.5 Å². The van der Waals surface area contributed by atoms with Crippen LogP contribution in [0.2, 0.25) is 0 Å². The van der Waals surface area contributed by atoms with Gasteiger partial charge in [-0.15, -0.1) is 0 Å². The van der Waals surface area contributed by atoms with Crippen molar-refractivity contribution in [3.05, 3.63) is 35.5 Å². The molecular formula is C23H31N3O6. The van der Waals surface area contributed by atoms with E-state index in [9.17, 15) is 14.4 Å². The summed E-state index contributed by atoms with van der Waals surface area (Å²) in [5.41, 5.74) is 1.20. The van der Waals surface area contributed by atoms with E-state index in [1.807, 2.05) is 39.8 Å². The number of aryl methyl sites for hydroxylation is 1. The molecule has 3 amide bonds. The van der Waals surface area contributed by atoms with Crippen molar-refractivity contribution < 1.29 is 29.0 Å². The quantitative estimate of drug-likeness (QED) is 0.648. The van der Waals surface area contributed by atoms with Gasteiger partial charge < -0.3 is 24.8 Å². The van der Waals surface area contributed by atoms with Crippen molar-refractivity contribution >= 4 is 23.6 Å². The molecule has 2 aliphatic heterocycles. The Morgan fingerprint density at radius 2 is 1.91 bits per heavy atom. The molecule has 2 aliphatic rings. The number of amides is 3. The summed E-state index contributed by atoms with van der Waals surface area (Å²) in [7, 11) is 0. The number of imide groups is 1. The molecule has 9 nitrogen and oxygen atoms in total. The lowest BCUT2D eigenvalue weighted by Gasteiger charge is -2.33.